The van der Waals surface area contributed by atoms with Gasteiger partial charge in [-0.3, -0.25) is 0 Å². The Kier molecular flexibility index (Phi) is 7.33. The third-order valence-corrected chi connectivity index (χ3v) is 4.37. The summed E-state index contributed by atoms with van der Waals surface area (Å²) < 4.78 is 23.4. The zero-order valence-corrected chi connectivity index (χ0v) is 16.3. The van der Waals surface area contributed by atoms with E-state index in [2.05, 4.69) is 0 Å². The molecule has 2 unspecified atom stereocenters. The van der Waals surface area contributed by atoms with Gasteiger partial charge in [0.25, 0.3) is 0 Å². The van der Waals surface area contributed by atoms with Crippen LogP contribution in [0.25, 0.3) is 0 Å². The van der Waals surface area contributed by atoms with E-state index in [1.807, 2.05) is 91.9 Å². The van der Waals surface area contributed by atoms with Crippen molar-refractivity contribution in [2.45, 2.75) is 25.7 Å². The van der Waals surface area contributed by atoms with Gasteiger partial charge in [0.15, 0.2) is 0 Å². The molecule has 0 radical (unpaired) electrons. The van der Waals surface area contributed by atoms with Crippen LogP contribution in [0.1, 0.15) is 12.5 Å². The van der Waals surface area contributed by atoms with E-state index in [0.717, 1.165) is 22.8 Å². The quantitative estimate of drug-likeness (QED) is 0.490. The summed E-state index contributed by atoms with van der Waals surface area (Å²) >= 11 is 0. The molecule has 0 saturated carbocycles. The summed E-state index contributed by atoms with van der Waals surface area (Å²) in [5, 5.41) is 0. The number of hydrogen-bond acceptors (Lipinski definition) is 4. The number of benzene rings is 3. The second-order valence-electron chi connectivity index (χ2n) is 6.46. The van der Waals surface area contributed by atoms with Crippen LogP contribution in [-0.2, 0) is 11.3 Å². The zero-order valence-electron chi connectivity index (χ0n) is 16.3. The largest absolute Gasteiger partial charge is 0.497 e. The molecule has 0 fully saturated rings. The van der Waals surface area contributed by atoms with E-state index < -0.39 is 0 Å². The fourth-order valence-corrected chi connectivity index (χ4v) is 2.73. The molecule has 4 nitrogen and oxygen atoms in total. The molecular formula is C24H26O4. The number of methoxy groups -OCH3 is 1. The van der Waals surface area contributed by atoms with Crippen molar-refractivity contribution in [3.05, 3.63) is 90.5 Å². The smallest absolute Gasteiger partial charge is 0.128 e. The van der Waals surface area contributed by atoms with E-state index in [9.17, 15) is 0 Å². The van der Waals surface area contributed by atoms with Gasteiger partial charge in [0, 0.05) is 0 Å². The Balaban J connectivity index is 1.63. The van der Waals surface area contributed by atoms with Gasteiger partial charge in [0.05, 0.1) is 13.7 Å². The maximum absolute atomic E-state index is 6.17. The Labute approximate surface area is 166 Å². The van der Waals surface area contributed by atoms with Crippen molar-refractivity contribution in [3.63, 3.8) is 0 Å². The monoisotopic (exact) mass is 378 g/mol. The molecule has 3 aromatic rings. The molecule has 0 amide bonds. The summed E-state index contributed by atoms with van der Waals surface area (Å²) in [6.07, 6.45) is -0.410. The lowest BCUT2D eigenvalue weighted by Gasteiger charge is -2.25. The molecule has 0 heterocycles. The second kappa shape index (κ2) is 10.4. The molecule has 0 N–H and O–H groups in total. The first-order valence-electron chi connectivity index (χ1n) is 9.38. The van der Waals surface area contributed by atoms with Crippen molar-refractivity contribution in [2.24, 2.45) is 0 Å². The van der Waals surface area contributed by atoms with Gasteiger partial charge >= 0.3 is 0 Å². The first kappa shape index (κ1) is 19.8. The van der Waals surface area contributed by atoms with E-state index >= 15 is 0 Å². The fraction of sp³-hybridized carbons (Fsp3) is 0.250. The number of para-hydroxylation sites is 2. The van der Waals surface area contributed by atoms with Crippen molar-refractivity contribution in [3.8, 4) is 17.2 Å². The van der Waals surface area contributed by atoms with Crippen molar-refractivity contribution in [2.75, 3.05) is 13.7 Å². The number of rotatable bonds is 10. The third kappa shape index (κ3) is 6.03. The molecule has 0 saturated heterocycles. The molecule has 0 aliphatic heterocycles. The summed E-state index contributed by atoms with van der Waals surface area (Å²) in [4.78, 5) is 0. The lowest BCUT2D eigenvalue weighted by molar-refractivity contribution is -0.0499. The van der Waals surface area contributed by atoms with E-state index in [-0.39, 0.29) is 12.2 Å². The molecular weight excluding hydrogens is 352 g/mol. The Morgan fingerprint density at radius 3 is 1.93 bits per heavy atom. The average molecular weight is 378 g/mol. The molecule has 4 heteroatoms. The van der Waals surface area contributed by atoms with Crippen molar-refractivity contribution >= 4 is 0 Å². The van der Waals surface area contributed by atoms with E-state index in [4.69, 9.17) is 18.9 Å². The van der Waals surface area contributed by atoms with Crippen LogP contribution < -0.4 is 14.2 Å². The molecule has 146 valence electrons. The van der Waals surface area contributed by atoms with Gasteiger partial charge in [-0.25, -0.2) is 0 Å². The molecule has 3 rings (SSSR count). The highest BCUT2D eigenvalue weighted by Gasteiger charge is 2.21. The molecule has 0 aliphatic rings. The highest BCUT2D eigenvalue weighted by Crippen LogP contribution is 2.18. The topological polar surface area (TPSA) is 36.9 Å². The Morgan fingerprint density at radius 2 is 1.32 bits per heavy atom. The standard InChI is InChI=1S/C24H26O4/c1-19(28-23-11-7-4-8-12-23)24(18-26-22-9-5-3-6-10-22)27-17-20-13-15-21(25-2)16-14-20/h3-16,19,24H,17-18H2,1-2H3. The Bertz CT molecular complexity index is 803. The van der Waals surface area contributed by atoms with Gasteiger partial charge in [-0.15, -0.1) is 0 Å². The van der Waals surface area contributed by atoms with Gasteiger partial charge in [0.2, 0.25) is 0 Å². The Hall–Kier alpha value is -2.98. The van der Waals surface area contributed by atoms with Gasteiger partial charge in [-0.1, -0.05) is 48.5 Å². The van der Waals surface area contributed by atoms with Crippen LogP contribution in [0.2, 0.25) is 0 Å². The van der Waals surface area contributed by atoms with Gasteiger partial charge in [-0.05, 0) is 48.9 Å². The Morgan fingerprint density at radius 1 is 0.714 bits per heavy atom. The molecule has 0 spiro atoms. The summed E-state index contributed by atoms with van der Waals surface area (Å²) in [5.74, 6) is 2.45. The minimum absolute atomic E-state index is 0.177. The van der Waals surface area contributed by atoms with E-state index in [0.29, 0.717) is 13.2 Å². The van der Waals surface area contributed by atoms with Gasteiger partial charge < -0.3 is 18.9 Å². The van der Waals surface area contributed by atoms with Crippen LogP contribution in [0, 0.1) is 0 Å². The molecule has 0 aromatic heterocycles. The van der Waals surface area contributed by atoms with Crippen LogP contribution in [0.15, 0.2) is 84.9 Å². The first-order chi connectivity index (χ1) is 13.7. The van der Waals surface area contributed by atoms with Gasteiger partial charge in [-0.2, -0.15) is 0 Å². The predicted molar refractivity (Wildman–Crippen MR) is 110 cm³/mol. The maximum Gasteiger partial charge on any atom is 0.128 e. The van der Waals surface area contributed by atoms with Crippen LogP contribution in [0.4, 0.5) is 0 Å². The lowest BCUT2D eigenvalue weighted by atomic mass is 10.2. The molecule has 2 atom stereocenters. The lowest BCUT2D eigenvalue weighted by Crippen LogP contribution is -2.36. The minimum atomic E-state index is -0.234. The molecule has 28 heavy (non-hydrogen) atoms. The van der Waals surface area contributed by atoms with E-state index in [1.165, 1.54) is 0 Å². The SMILES string of the molecule is COc1ccc(COC(COc2ccccc2)C(C)Oc2ccccc2)cc1. The van der Waals surface area contributed by atoms with Crippen LogP contribution >= 0.6 is 0 Å². The number of hydrogen-bond donors (Lipinski definition) is 0. The van der Waals surface area contributed by atoms with Gasteiger partial charge in [0.1, 0.15) is 36.1 Å². The fourth-order valence-electron chi connectivity index (χ4n) is 2.73. The van der Waals surface area contributed by atoms with Crippen molar-refractivity contribution in [1.29, 1.82) is 0 Å². The van der Waals surface area contributed by atoms with Crippen LogP contribution in [0.5, 0.6) is 17.2 Å². The van der Waals surface area contributed by atoms with Crippen molar-refractivity contribution in [1.82, 2.24) is 0 Å². The summed E-state index contributed by atoms with van der Waals surface area (Å²) in [7, 11) is 1.66. The highest BCUT2D eigenvalue weighted by atomic mass is 16.6. The normalized spacial score (nSPS) is 12.8. The maximum atomic E-state index is 6.17. The minimum Gasteiger partial charge on any atom is -0.497 e. The molecule has 0 bridgehead atoms. The second-order valence-corrected chi connectivity index (χ2v) is 6.46. The molecule has 3 aromatic carbocycles. The first-order valence-corrected chi connectivity index (χ1v) is 9.38. The summed E-state index contributed by atoms with van der Waals surface area (Å²) in [5.41, 5.74) is 1.07. The summed E-state index contributed by atoms with van der Waals surface area (Å²) in [6.45, 7) is 2.86. The number of ether oxygens (including phenoxy) is 4. The van der Waals surface area contributed by atoms with Crippen LogP contribution in [-0.4, -0.2) is 25.9 Å². The average Bonchev–Trinajstić information content (AvgIpc) is 2.75. The highest BCUT2D eigenvalue weighted by molar-refractivity contribution is 5.27. The predicted octanol–water partition coefficient (Wildman–Crippen LogP) is 5.13. The van der Waals surface area contributed by atoms with E-state index in [1.54, 1.807) is 7.11 Å². The van der Waals surface area contributed by atoms with Crippen molar-refractivity contribution < 1.29 is 18.9 Å². The third-order valence-electron chi connectivity index (χ3n) is 4.37. The molecule has 0 aliphatic carbocycles. The summed E-state index contributed by atoms with van der Waals surface area (Å²) in [6, 6.07) is 27.3. The van der Waals surface area contributed by atoms with Crippen LogP contribution in [0.3, 0.4) is 0 Å². The zero-order chi connectivity index (χ0) is 19.6.